The lowest BCUT2D eigenvalue weighted by molar-refractivity contribution is 0.584. The molecule has 0 radical (unpaired) electrons. The second-order valence-electron chi connectivity index (χ2n) is 5.56. The Bertz CT molecular complexity index is 1010. The second-order valence-corrected chi connectivity index (χ2v) is 8.53. The molecule has 0 aliphatic rings. The minimum atomic E-state index is -3.46. The van der Waals surface area contributed by atoms with E-state index in [1.807, 2.05) is 19.9 Å². The average Bonchev–Trinajstić information content (AvgIpc) is 2.94. The molecule has 9 heteroatoms. The Hall–Kier alpha value is -2.36. The summed E-state index contributed by atoms with van der Waals surface area (Å²) >= 11 is 1.59. The van der Waals surface area contributed by atoms with Gasteiger partial charge in [0.1, 0.15) is 0 Å². The molecule has 7 nitrogen and oxygen atoms in total. The van der Waals surface area contributed by atoms with E-state index in [-0.39, 0.29) is 4.90 Å². The van der Waals surface area contributed by atoms with Crippen molar-refractivity contribution in [2.24, 2.45) is 0 Å². The number of thiazole rings is 1. The van der Waals surface area contributed by atoms with E-state index in [9.17, 15) is 8.42 Å². The largest absolute Gasteiger partial charge is 0.324 e. The first-order valence-electron chi connectivity index (χ1n) is 8.03. The Kier molecular flexibility index (Phi) is 5.30. The summed E-state index contributed by atoms with van der Waals surface area (Å²) in [6.45, 7) is 6.01. The third-order valence-corrected chi connectivity index (χ3v) is 6.20. The first-order valence-corrected chi connectivity index (χ1v) is 10.3. The van der Waals surface area contributed by atoms with Crippen LogP contribution in [0.25, 0.3) is 10.6 Å². The lowest BCUT2D eigenvalue weighted by Gasteiger charge is -2.08. The van der Waals surface area contributed by atoms with Gasteiger partial charge in [-0.2, -0.15) is 0 Å². The van der Waals surface area contributed by atoms with Gasteiger partial charge in [-0.3, -0.25) is 0 Å². The quantitative estimate of drug-likeness (QED) is 0.672. The van der Waals surface area contributed by atoms with Crippen LogP contribution in [0, 0.1) is 13.8 Å². The van der Waals surface area contributed by atoms with Gasteiger partial charge in [-0.05, 0) is 44.2 Å². The van der Waals surface area contributed by atoms with Crippen molar-refractivity contribution in [1.82, 2.24) is 19.7 Å². The number of anilines is 2. The van der Waals surface area contributed by atoms with Gasteiger partial charge in [-0.25, -0.2) is 28.1 Å². The number of nitrogens with zero attached hydrogens (tertiary/aromatic N) is 3. The lowest BCUT2D eigenvalue weighted by Crippen LogP contribution is -2.22. The van der Waals surface area contributed by atoms with Crippen LogP contribution in [0.4, 0.5) is 11.6 Å². The van der Waals surface area contributed by atoms with Crippen LogP contribution in [-0.2, 0) is 10.0 Å². The molecule has 3 rings (SSSR count). The van der Waals surface area contributed by atoms with Crippen LogP contribution in [0.15, 0.2) is 41.4 Å². The Balaban J connectivity index is 1.81. The smallest absolute Gasteiger partial charge is 0.240 e. The van der Waals surface area contributed by atoms with E-state index in [1.165, 1.54) is 0 Å². The summed E-state index contributed by atoms with van der Waals surface area (Å²) in [5, 5.41) is 4.09. The molecule has 0 unspecified atom stereocenters. The number of sulfonamides is 1. The van der Waals surface area contributed by atoms with E-state index in [0.29, 0.717) is 18.2 Å². The molecule has 0 atom stereocenters. The van der Waals surface area contributed by atoms with Crippen LogP contribution in [0.1, 0.15) is 17.6 Å². The first kappa shape index (κ1) is 18.4. The average molecular weight is 390 g/mol. The highest BCUT2D eigenvalue weighted by Gasteiger charge is 2.13. The van der Waals surface area contributed by atoms with Crippen LogP contribution in [0.3, 0.4) is 0 Å². The zero-order valence-electron chi connectivity index (χ0n) is 14.6. The Morgan fingerprint density at radius 1 is 1.08 bits per heavy atom. The van der Waals surface area contributed by atoms with Crippen molar-refractivity contribution in [1.29, 1.82) is 0 Å². The van der Waals surface area contributed by atoms with E-state index >= 15 is 0 Å². The number of hydrogen-bond donors (Lipinski definition) is 2. The number of rotatable bonds is 6. The fourth-order valence-corrected chi connectivity index (χ4v) is 4.36. The van der Waals surface area contributed by atoms with Gasteiger partial charge in [0, 0.05) is 18.4 Å². The summed E-state index contributed by atoms with van der Waals surface area (Å²) in [7, 11) is -3.46. The van der Waals surface area contributed by atoms with Gasteiger partial charge in [0.05, 0.1) is 26.2 Å². The molecule has 0 amide bonds. The number of benzene rings is 1. The molecule has 1 aromatic carbocycles. The summed E-state index contributed by atoms with van der Waals surface area (Å²) in [5.74, 6) is 0.440. The number of aryl methyl sites for hydroxylation is 2. The topological polar surface area (TPSA) is 96.9 Å². The van der Waals surface area contributed by atoms with Gasteiger partial charge in [-0.1, -0.05) is 6.92 Å². The van der Waals surface area contributed by atoms with Crippen LogP contribution in [0.5, 0.6) is 0 Å². The van der Waals surface area contributed by atoms with E-state index in [0.717, 1.165) is 21.3 Å². The molecule has 0 fully saturated rings. The van der Waals surface area contributed by atoms with Crippen molar-refractivity contribution in [3.8, 4) is 10.6 Å². The molecule has 0 aliphatic heterocycles. The summed E-state index contributed by atoms with van der Waals surface area (Å²) in [6, 6.07) is 8.30. The van der Waals surface area contributed by atoms with Crippen LogP contribution in [-0.4, -0.2) is 29.9 Å². The number of aromatic nitrogens is 3. The first-order chi connectivity index (χ1) is 12.4. The van der Waals surface area contributed by atoms with E-state index < -0.39 is 10.0 Å². The second kappa shape index (κ2) is 7.48. The van der Waals surface area contributed by atoms with Crippen LogP contribution < -0.4 is 10.0 Å². The molecule has 136 valence electrons. The highest BCUT2D eigenvalue weighted by atomic mass is 32.2. The van der Waals surface area contributed by atoms with E-state index in [2.05, 4.69) is 25.0 Å². The van der Waals surface area contributed by atoms with E-state index in [4.69, 9.17) is 0 Å². The molecular weight excluding hydrogens is 370 g/mol. The minimum absolute atomic E-state index is 0.218. The molecule has 3 aromatic rings. The summed E-state index contributed by atoms with van der Waals surface area (Å²) in [6.07, 6.45) is 1.68. The Labute approximate surface area is 156 Å². The molecule has 2 aromatic heterocycles. The maximum atomic E-state index is 12.0. The molecule has 2 heterocycles. The van der Waals surface area contributed by atoms with Gasteiger partial charge in [0.2, 0.25) is 16.0 Å². The molecule has 0 aliphatic carbocycles. The standard InChI is InChI=1S/C17H19N5O2S2/c1-4-19-26(23,24)14-7-5-13(6-8-14)21-17-18-10-9-15(22-17)16-11(2)20-12(3)25-16/h5-10,19H,4H2,1-3H3,(H,18,21,22). The van der Waals surface area contributed by atoms with Gasteiger partial charge >= 0.3 is 0 Å². The van der Waals surface area contributed by atoms with Crippen molar-refractivity contribution in [3.63, 3.8) is 0 Å². The molecule has 26 heavy (non-hydrogen) atoms. The van der Waals surface area contributed by atoms with Crippen molar-refractivity contribution in [3.05, 3.63) is 47.2 Å². The van der Waals surface area contributed by atoms with Crippen LogP contribution >= 0.6 is 11.3 Å². The lowest BCUT2D eigenvalue weighted by atomic mass is 10.3. The molecule has 0 bridgehead atoms. The molecule has 0 saturated heterocycles. The normalized spacial score (nSPS) is 11.5. The highest BCUT2D eigenvalue weighted by Crippen LogP contribution is 2.28. The van der Waals surface area contributed by atoms with Crippen LogP contribution in [0.2, 0.25) is 0 Å². The molecule has 0 spiro atoms. The summed E-state index contributed by atoms with van der Waals surface area (Å²) in [5.41, 5.74) is 2.45. The zero-order chi connectivity index (χ0) is 18.7. The van der Waals surface area contributed by atoms with Crippen molar-refractivity contribution < 1.29 is 8.42 Å². The third-order valence-electron chi connectivity index (χ3n) is 3.55. The maximum absolute atomic E-state index is 12.0. The molecule has 2 N–H and O–H groups in total. The Morgan fingerprint density at radius 2 is 1.81 bits per heavy atom. The fraction of sp³-hybridized carbons (Fsp3) is 0.235. The van der Waals surface area contributed by atoms with Gasteiger partial charge in [0.25, 0.3) is 0 Å². The van der Waals surface area contributed by atoms with Gasteiger partial charge in [0.15, 0.2) is 0 Å². The third kappa shape index (κ3) is 4.06. The Morgan fingerprint density at radius 3 is 2.42 bits per heavy atom. The summed E-state index contributed by atoms with van der Waals surface area (Å²) < 4.78 is 26.4. The predicted octanol–water partition coefficient (Wildman–Crippen LogP) is 3.26. The molecule has 0 saturated carbocycles. The highest BCUT2D eigenvalue weighted by molar-refractivity contribution is 7.89. The zero-order valence-corrected chi connectivity index (χ0v) is 16.3. The van der Waals surface area contributed by atoms with Gasteiger partial charge in [-0.15, -0.1) is 11.3 Å². The van der Waals surface area contributed by atoms with Crippen molar-refractivity contribution in [2.45, 2.75) is 25.7 Å². The minimum Gasteiger partial charge on any atom is -0.324 e. The number of nitrogens with one attached hydrogen (secondary N) is 2. The SMILES string of the molecule is CCNS(=O)(=O)c1ccc(Nc2nccc(-c3sc(C)nc3C)n2)cc1. The number of hydrogen-bond acceptors (Lipinski definition) is 7. The van der Waals surface area contributed by atoms with Gasteiger partial charge < -0.3 is 5.32 Å². The van der Waals surface area contributed by atoms with Crippen molar-refractivity contribution >= 4 is 33.0 Å². The predicted molar refractivity (Wildman–Crippen MR) is 103 cm³/mol. The monoisotopic (exact) mass is 389 g/mol. The fourth-order valence-electron chi connectivity index (χ4n) is 2.43. The van der Waals surface area contributed by atoms with E-state index in [1.54, 1.807) is 48.7 Å². The van der Waals surface area contributed by atoms with Crippen molar-refractivity contribution in [2.75, 3.05) is 11.9 Å². The maximum Gasteiger partial charge on any atom is 0.240 e. The summed E-state index contributed by atoms with van der Waals surface area (Å²) in [4.78, 5) is 14.4. The molecular formula is C17H19N5O2S2.